The number of rotatable bonds is 7. The normalized spacial score (nSPS) is 11.2. The van der Waals surface area contributed by atoms with Gasteiger partial charge in [0.05, 0.1) is 41.2 Å². The van der Waals surface area contributed by atoms with Gasteiger partial charge >= 0.3 is 0 Å². The van der Waals surface area contributed by atoms with Crippen molar-refractivity contribution in [2.24, 2.45) is 5.10 Å². The van der Waals surface area contributed by atoms with Crippen molar-refractivity contribution in [1.82, 2.24) is 9.66 Å². The van der Waals surface area contributed by atoms with E-state index in [9.17, 15) is 10.1 Å². The lowest BCUT2D eigenvalue weighted by Crippen LogP contribution is -2.20. The lowest BCUT2D eigenvalue weighted by atomic mass is 10.1. The number of para-hydroxylation sites is 2. The third-order valence-corrected chi connectivity index (χ3v) is 6.47. The van der Waals surface area contributed by atoms with Crippen LogP contribution in [-0.2, 0) is 6.61 Å². The highest BCUT2D eigenvalue weighted by Gasteiger charge is 2.18. The zero-order valence-electron chi connectivity index (χ0n) is 21.4. The van der Waals surface area contributed by atoms with E-state index in [0.717, 1.165) is 10.9 Å². The predicted molar refractivity (Wildman–Crippen MR) is 153 cm³/mol. The molecule has 0 saturated heterocycles. The monoisotopic (exact) mass is 526 g/mol. The maximum Gasteiger partial charge on any atom is 0.282 e. The summed E-state index contributed by atoms with van der Waals surface area (Å²) in [6.07, 6.45) is 1.55. The molecular weight excluding hydrogens is 504 g/mol. The zero-order valence-corrected chi connectivity index (χ0v) is 21.4. The number of methoxy groups -OCH3 is 1. The average Bonchev–Trinajstić information content (AvgIpc) is 3.44. The van der Waals surface area contributed by atoms with Gasteiger partial charge in [0.1, 0.15) is 23.7 Å². The Kier molecular flexibility index (Phi) is 6.53. The zero-order chi connectivity index (χ0) is 27.5. The van der Waals surface area contributed by atoms with Crippen molar-refractivity contribution in [3.63, 3.8) is 0 Å². The summed E-state index contributed by atoms with van der Waals surface area (Å²) in [5, 5.41) is 15.1. The number of furan rings is 1. The molecule has 0 aliphatic carbocycles. The Hall–Kier alpha value is -5.68. The van der Waals surface area contributed by atoms with Gasteiger partial charge in [-0.05, 0) is 48.5 Å². The molecule has 0 fully saturated rings. The molecule has 0 bridgehead atoms. The van der Waals surface area contributed by atoms with E-state index >= 15 is 0 Å². The first-order valence-corrected chi connectivity index (χ1v) is 12.5. The first kappa shape index (κ1) is 24.6. The Morgan fingerprint density at radius 1 is 0.950 bits per heavy atom. The highest BCUT2D eigenvalue weighted by molar-refractivity contribution is 5.89. The molecule has 0 radical (unpaired) electrons. The summed E-state index contributed by atoms with van der Waals surface area (Å²) < 4.78 is 18.9. The van der Waals surface area contributed by atoms with Crippen LogP contribution in [0.25, 0.3) is 33.5 Å². The number of aromatic nitrogens is 2. The SMILES string of the molecule is COc1cccc2oc(-c3nc4ccccc4c(=O)n3N=Cc3ccccc3OCc3ccccc3C#N)cc12. The van der Waals surface area contributed by atoms with Crippen molar-refractivity contribution in [3.05, 3.63) is 124 Å². The topological polar surface area (TPSA) is 103 Å². The largest absolute Gasteiger partial charge is 0.496 e. The Balaban J connectivity index is 1.43. The van der Waals surface area contributed by atoms with Crippen molar-refractivity contribution >= 4 is 28.1 Å². The lowest BCUT2D eigenvalue weighted by molar-refractivity contribution is 0.305. The molecule has 8 heteroatoms. The highest BCUT2D eigenvalue weighted by atomic mass is 16.5. The molecule has 0 N–H and O–H groups in total. The predicted octanol–water partition coefficient (Wildman–Crippen LogP) is 6.15. The van der Waals surface area contributed by atoms with Crippen LogP contribution in [0.4, 0.5) is 0 Å². The van der Waals surface area contributed by atoms with Crippen molar-refractivity contribution in [1.29, 1.82) is 5.26 Å². The maximum absolute atomic E-state index is 13.6. The second-order valence-electron chi connectivity index (χ2n) is 8.89. The Morgan fingerprint density at radius 3 is 2.60 bits per heavy atom. The molecule has 6 rings (SSSR count). The number of fused-ring (bicyclic) bond motifs is 2. The van der Waals surface area contributed by atoms with E-state index in [4.69, 9.17) is 18.9 Å². The lowest BCUT2D eigenvalue weighted by Gasteiger charge is -2.10. The molecule has 8 nitrogen and oxygen atoms in total. The molecule has 0 amide bonds. The summed E-state index contributed by atoms with van der Waals surface area (Å²) in [4.78, 5) is 18.4. The second kappa shape index (κ2) is 10.6. The quantitative estimate of drug-likeness (QED) is 0.231. The summed E-state index contributed by atoms with van der Waals surface area (Å²) in [7, 11) is 1.59. The standard InChI is InChI=1S/C32H22N4O4/c1-38-28-15-8-16-29-25(28)17-30(40-29)31-35-26-13-6-5-12-24(26)32(37)36(31)34-19-22-10-4-7-14-27(22)39-20-23-11-3-2-9-21(23)18-33/h2-17,19H,20H2,1H3. The number of nitrogens with zero attached hydrogens (tertiary/aromatic N) is 4. The van der Waals surface area contributed by atoms with Crippen molar-refractivity contribution in [2.45, 2.75) is 6.61 Å². The molecule has 194 valence electrons. The molecule has 0 saturated carbocycles. The van der Waals surface area contributed by atoms with Crippen LogP contribution in [-0.4, -0.2) is 23.0 Å². The van der Waals surface area contributed by atoms with Crippen LogP contribution in [0.3, 0.4) is 0 Å². The molecule has 0 spiro atoms. The van der Waals surface area contributed by atoms with Gasteiger partial charge in [-0.3, -0.25) is 4.79 Å². The minimum atomic E-state index is -0.342. The van der Waals surface area contributed by atoms with Gasteiger partial charge in [0.25, 0.3) is 5.56 Å². The van der Waals surface area contributed by atoms with Gasteiger partial charge in [-0.2, -0.15) is 15.0 Å². The van der Waals surface area contributed by atoms with Gasteiger partial charge < -0.3 is 13.9 Å². The van der Waals surface area contributed by atoms with E-state index in [1.165, 1.54) is 4.68 Å². The number of hydrogen-bond donors (Lipinski definition) is 0. The first-order chi connectivity index (χ1) is 19.7. The number of nitriles is 1. The smallest absolute Gasteiger partial charge is 0.282 e. The first-order valence-electron chi connectivity index (χ1n) is 12.5. The van der Waals surface area contributed by atoms with E-state index in [2.05, 4.69) is 11.2 Å². The molecule has 2 aromatic heterocycles. The van der Waals surface area contributed by atoms with Gasteiger partial charge in [0.2, 0.25) is 5.82 Å². The van der Waals surface area contributed by atoms with Crippen LogP contribution in [0.2, 0.25) is 0 Å². The molecular formula is C32H22N4O4. The fourth-order valence-electron chi connectivity index (χ4n) is 4.46. The summed E-state index contributed by atoms with van der Waals surface area (Å²) in [5.41, 5.74) is 2.76. The summed E-state index contributed by atoms with van der Waals surface area (Å²) in [6, 6.07) is 31.2. The van der Waals surface area contributed by atoms with E-state index in [1.54, 1.807) is 43.7 Å². The molecule has 2 heterocycles. The molecule has 0 atom stereocenters. The van der Waals surface area contributed by atoms with Crippen LogP contribution in [0.5, 0.6) is 11.5 Å². The molecule has 0 aliphatic rings. The van der Waals surface area contributed by atoms with E-state index in [-0.39, 0.29) is 18.0 Å². The fourth-order valence-corrected chi connectivity index (χ4v) is 4.46. The molecule has 6 aromatic rings. The molecule has 0 aliphatic heterocycles. The Labute approximate surface area is 229 Å². The van der Waals surface area contributed by atoms with E-state index < -0.39 is 0 Å². The Bertz CT molecular complexity index is 2000. The molecule has 0 unspecified atom stereocenters. The molecule has 4 aromatic carbocycles. The van der Waals surface area contributed by atoms with Crippen LogP contribution in [0.1, 0.15) is 16.7 Å². The summed E-state index contributed by atoms with van der Waals surface area (Å²) in [6.45, 7) is 0.206. The van der Waals surface area contributed by atoms with Crippen molar-refractivity contribution < 1.29 is 13.9 Å². The second-order valence-corrected chi connectivity index (χ2v) is 8.89. The third-order valence-electron chi connectivity index (χ3n) is 6.47. The Morgan fingerprint density at radius 2 is 1.73 bits per heavy atom. The van der Waals surface area contributed by atoms with Crippen molar-refractivity contribution in [3.8, 4) is 29.2 Å². The van der Waals surface area contributed by atoms with Gasteiger partial charge in [-0.15, -0.1) is 0 Å². The molecule has 40 heavy (non-hydrogen) atoms. The van der Waals surface area contributed by atoms with Crippen LogP contribution in [0, 0.1) is 11.3 Å². The van der Waals surface area contributed by atoms with Crippen LogP contribution < -0.4 is 15.0 Å². The number of benzene rings is 4. The number of ether oxygens (including phenoxy) is 2. The maximum atomic E-state index is 13.6. The van der Waals surface area contributed by atoms with Crippen molar-refractivity contribution in [2.75, 3.05) is 7.11 Å². The minimum absolute atomic E-state index is 0.206. The van der Waals surface area contributed by atoms with Gasteiger partial charge in [-0.1, -0.05) is 48.5 Å². The van der Waals surface area contributed by atoms with Crippen LogP contribution in [0.15, 0.2) is 111 Å². The summed E-state index contributed by atoms with van der Waals surface area (Å²) in [5.74, 6) is 1.82. The highest BCUT2D eigenvalue weighted by Crippen LogP contribution is 2.33. The van der Waals surface area contributed by atoms with E-state index in [0.29, 0.717) is 44.9 Å². The number of hydrogen-bond acceptors (Lipinski definition) is 7. The van der Waals surface area contributed by atoms with Gasteiger partial charge in [0.15, 0.2) is 5.76 Å². The van der Waals surface area contributed by atoms with E-state index in [1.807, 2.05) is 66.7 Å². The average molecular weight is 527 g/mol. The third kappa shape index (κ3) is 4.57. The van der Waals surface area contributed by atoms with Crippen LogP contribution >= 0.6 is 0 Å². The summed E-state index contributed by atoms with van der Waals surface area (Å²) >= 11 is 0. The van der Waals surface area contributed by atoms with Gasteiger partial charge in [0, 0.05) is 11.1 Å². The minimum Gasteiger partial charge on any atom is -0.496 e. The van der Waals surface area contributed by atoms with Gasteiger partial charge in [-0.25, -0.2) is 4.98 Å². The fraction of sp³-hybridized carbons (Fsp3) is 0.0625.